The standard InChI is InChI=1S/C21H16FN3O4/c1-29-21(28)14-5-4-6-15(11-14)24-20(27)18-12-13(9-10-23-18)19(26)25-17-8-3-2-7-16(17)22/h2-12H,1H3,(H,24,27)(H,25,26). The second kappa shape index (κ2) is 8.75. The van der Waals surface area contributed by atoms with Gasteiger partial charge in [0.15, 0.2) is 0 Å². The van der Waals surface area contributed by atoms with E-state index in [9.17, 15) is 18.8 Å². The molecule has 2 amide bonds. The molecule has 2 aromatic carbocycles. The first-order valence-electron chi connectivity index (χ1n) is 8.49. The molecule has 3 rings (SSSR count). The van der Waals surface area contributed by atoms with Gasteiger partial charge in [0, 0.05) is 17.4 Å². The summed E-state index contributed by atoms with van der Waals surface area (Å²) in [4.78, 5) is 40.4. The Bertz CT molecular complexity index is 1080. The quantitative estimate of drug-likeness (QED) is 0.647. The van der Waals surface area contributed by atoms with Gasteiger partial charge in [0.25, 0.3) is 11.8 Å². The van der Waals surface area contributed by atoms with Gasteiger partial charge in [-0.15, -0.1) is 0 Å². The number of carbonyl (C=O) groups is 3. The SMILES string of the molecule is COC(=O)c1cccc(NC(=O)c2cc(C(=O)Nc3ccccc3F)ccn2)c1. The van der Waals surface area contributed by atoms with E-state index in [-0.39, 0.29) is 22.5 Å². The summed E-state index contributed by atoms with van der Waals surface area (Å²) in [5.74, 6) is -2.27. The van der Waals surface area contributed by atoms with Crippen LogP contribution < -0.4 is 10.6 Å². The van der Waals surface area contributed by atoms with Gasteiger partial charge in [-0.05, 0) is 42.5 Å². The maximum Gasteiger partial charge on any atom is 0.337 e. The fraction of sp³-hybridized carbons (Fsp3) is 0.0476. The van der Waals surface area contributed by atoms with Gasteiger partial charge in [-0.3, -0.25) is 14.6 Å². The van der Waals surface area contributed by atoms with E-state index >= 15 is 0 Å². The first kappa shape index (κ1) is 19.7. The van der Waals surface area contributed by atoms with Crippen molar-refractivity contribution in [1.82, 2.24) is 4.98 Å². The zero-order chi connectivity index (χ0) is 20.8. The molecular weight excluding hydrogens is 377 g/mol. The van der Waals surface area contributed by atoms with Crippen LogP contribution in [0.15, 0.2) is 66.9 Å². The predicted octanol–water partition coefficient (Wildman–Crippen LogP) is 3.51. The number of anilines is 2. The van der Waals surface area contributed by atoms with Crippen LogP contribution in [0.2, 0.25) is 0 Å². The fourth-order valence-corrected chi connectivity index (χ4v) is 2.49. The molecule has 1 heterocycles. The van der Waals surface area contributed by atoms with Gasteiger partial charge < -0.3 is 15.4 Å². The molecule has 7 nitrogen and oxygen atoms in total. The van der Waals surface area contributed by atoms with Gasteiger partial charge in [-0.2, -0.15) is 0 Å². The van der Waals surface area contributed by atoms with Crippen LogP contribution in [0.4, 0.5) is 15.8 Å². The second-order valence-electron chi connectivity index (χ2n) is 5.89. The number of esters is 1. The molecule has 3 aromatic rings. The number of aromatic nitrogens is 1. The minimum atomic E-state index is -0.584. The average Bonchev–Trinajstić information content (AvgIpc) is 2.75. The number of hydrogen-bond acceptors (Lipinski definition) is 5. The molecule has 0 aliphatic rings. The summed E-state index contributed by atoms with van der Waals surface area (Å²) < 4.78 is 18.4. The lowest BCUT2D eigenvalue weighted by Crippen LogP contribution is -2.17. The molecule has 0 fully saturated rings. The Labute approximate surface area is 165 Å². The Morgan fingerprint density at radius 3 is 2.45 bits per heavy atom. The third-order valence-corrected chi connectivity index (χ3v) is 3.92. The van der Waals surface area contributed by atoms with Crippen molar-refractivity contribution in [3.05, 3.63) is 89.5 Å². The molecule has 2 N–H and O–H groups in total. The van der Waals surface area contributed by atoms with E-state index in [1.807, 2.05) is 0 Å². The molecule has 0 unspecified atom stereocenters. The predicted molar refractivity (Wildman–Crippen MR) is 104 cm³/mol. The molecule has 0 atom stereocenters. The van der Waals surface area contributed by atoms with Crippen molar-refractivity contribution in [3.8, 4) is 0 Å². The normalized spacial score (nSPS) is 10.1. The first-order valence-corrected chi connectivity index (χ1v) is 8.49. The minimum Gasteiger partial charge on any atom is -0.465 e. The van der Waals surface area contributed by atoms with Crippen LogP contribution >= 0.6 is 0 Å². The molecule has 29 heavy (non-hydrogen) atoms. The van der Waals surface area contributed by atoms with Crippen molar-refractivity contribution in [3.63, 3.8) is 0 Å². The van der Waals surface area contributed by atoms with E-state index in [2.05, 4.69) is 20.4 Å². The molecule has 1 aromatic heterocycles. The molecule has 8 heteroatoms. The average molecular weight is 393 g/mol. The van der Waals surface area contributed by atoms with E-state index in [0.717, 1.165) is 0 Å². The molecule has 0 radical (unpaired) electrons. The number of halogens is 1. The number of amides is 2. The number of ether oxygens (including phenoxy) is 1. The number of benzene rings is 2. The van der Waals surface area contributed by atoms with Gasteiger partial charge in [0.05, 0.1) is 18.4 Å². The third kappa shape index (κ3) is 4.81. The van der Waals surface area contributed by atoms with Crippen LogP contribution in [-0.4, -0.2) is 29.9 Å². The lowest BCUT2D eigenvalue weighted by atomic mass is 10.1. The number of nitrogens with one attached hydrogen (secondary N) is 2. The van der Waals surface area contributed by atoms with Crippen LogP contribution in [0, 0.1) is 5.82 Å². The van der Waals surface area contributed by atoms with Crippen LogP contribution in [-0.2, 0) is 4.74 Å². The number of hydrogen-bond donors (Lipinski definition) is 2. The van der Waals surface area contributed by atoms with E-state index < -0.39 is 23.6 Å². The highest BCUT2D eigenvalue weighted by Gasteiger charge is 2.14. The molecule has 0 aliphatic carbocycles. The van der Waals surface area contributed by atoms with Crippen LogP contribution in [0.5, 0.6) is 0 Å². The van der Waals surface area contributed by atoms with E-state index in [4.69, 9.17) is 0 Å². The molecular formula is C21H16FN3O4. The summed E-state index contributed by atoms with van der Waals surface area (Å²) >= 11 is 0. The summed E-state index contributed by atoms with van der Waals surface area (Å²) in [6, 6.07) is 14.6. The van der Waals surface area contributed by atoms with Crippen molar-refractivity contribution >= 4 is 29.2 Å². The fourth-order valence-electron chi connectivity index (χ4n) is 2.49. The zero-order valence-corrected chi connectivity index (χ0v) is 15.3. The summed E-state index contributed by atoms with van der Waals surface area (Å²) in [6.07, 6.45) is 1.30. The first-order chi connectivity index (χ1) is 14.0. The van der Waals surface area contributed by atoms with Gasteiger partial charge in [-0.1, -0.05) is 18.2 Å². The van der Waals surface area contributed by atoms with Gasteiger partial charge in [0.2, 0.25) is 0 Å². The smallest absolute Gasteiger partial charge is 0.337 e. The topological polar surface area (TPSA) is 97.4 Å². The number of rotatable bonds is 5. The van der Waals surface area contributed by atoms with Crippen molar-refractivity contribution in [2.24, 2.45) is 0 Å². The molecule has 0 saturated heterocycles. The van der Waals surface area contributed by atoms with Crippen LogP contribution in [0.3, 0.4) is 0 Å². The number of carbonyl (C=O) groups excluding carboxylic acids is 3. The summed E-state index contributed by atoms with van der Waals surface area (Å²) in [6.45, 7) is 0. The Morgan fingerprint density at radius 2 is 1.69 bits per heavy atom. The molecule has 146 valence electrons. The van der Waals surface area contributed by atoms with Gasteiger partial charge in [-0.25, -0.2) is 9.18 Å². The van der Waals surface area contributed by atoms with E-state index in [1.54, 1.807) is 24.3 Å². The Morgan fingerprint density at radius 1 is 0.897 bits per heavy atom. The third-order valence-electron chi connectivity index (χ3n) is 3.92. The highest BCUT2D eigenvalue weighted by atomic mass is 19.1. The maximum absolute atomic E-state index is 13.7. The Kier molecular flexibility index (Phi) is 5.94. The molecule has 0 spiro atoms. The number of para-hydroxylation sites is 1. The van der Waals surface area contributed by atoms with E-state index in [1.165, 1.54) is 49.7 Å². The maximum atomic E-state index is 13.7. The Hall–Kier alpha value is -4.07. The largest absolute Gasteiger partial charge is 0.465 e. The second-order valence-corrected chi connectivity index (χ2v) is 5.89. The van der Waals surface area contributed by atoms with E-state index in [0.29, 0.717) is 5.69 Å². The van der Waals surface area contributed by atoms with Crippen molar-refractivity contribution in [1.29, 1.82) is 0 Å². The van der Waals surface area contributed by atoms with Crippen molar-refractivity contribution in [2.45, 2.75) is 0 Å². The summed E-state index contributed by atoms with van der Waals surface area (Å²) in [5, 5.41) is 5.05. The van der Waals surface area contributed by atoms with Gasteiger partial charge in [0.1, 0.15) is 11.5 Å². The lowest BCUT2D eigenvalue weighted by Gasteiger charge is -2.09. The highest BCUT2D eigenvalue weighted by Crippen LogP contribution is 2.16. The van der Waals surface area contributed by atoms with Gasteiger partial charge >= 0.3 is 5.97 Å². The zero-order valence-electron chi connectivity index (χ0n) is 15.3. The highest BCUT2D eigenvalue weighted by molar-refractivity contribution is 6.08. The molecule has 0 aliphatic heterocycles. The monoisotopic (exact) mass is 393 g/mol. The summed E-state index contributed by atoms with van der Waals surface area (Å²) in [5.41, 5.74) is 0.781. The van der Waals surface area contributed by atoms with Crippen molar-refractivity contribution < 1.29 is 23.5 Å². The van der Waals surface area contributed by atoms with Crippen LogP contribution in [0.25, 0.3) is 0 Å². The number of methoxy groups -OCH3 is 1. The van der Waals surface area contributed by atoms with Crippen molar-refractivity contribution in [2.75, 3.05) is 17.7 Å². The molecule has 0 bridgehead atoms. The van der Waals surface area contributed by atoms with Crippen LogP contribution in [0.1, 0.15) is 31.2 Å². The minimum absolute atomic E-state index is 0.0188. The Balaban J connectivity index is 1.75. The lowest BCUT2D eigenvalue weighted by molar-refractivity contribution is 0.0600. The number of pyridine rings is 1. The molecule has 0 saturated carbocycles. The number of nitrogens with zero attached hydrogens (tertiary/aromatic N) is 1. The summed E-state index contributed by atoms with van der Waals surface area (Å²) in [7, 11) is 1.26.